The molecule has 0 amide bonds. The minimum atomic E-state index is -0.532. The Balaban J connectivity index is 1.71. The maximum atomic E-state index is 6.10. The molecule has 0 radical (unpaired) electrons. The van der Waals surface area contributed by atoms with Gasteiger partial charge in [0.25, 0.3) is 0 Å². The maximum absolute atomic E-state index is 6.10. The second-order valence-electron chi connectivity index (χ2n) is 6.98. The molecular weight excluding hydrogens is 386 g/mol. The maximum Gasteiger partial charge on any atom is 0.163 e. The molecule has 1 aromatic rings. The van der Waals surface area contributed by atoms with Gasteiger partial charge in [-0.25, -0.2) is 0 Å². The number of halogens is 1. The van der Waals surface area contributed by atoms with E-state index in [-0.39, 0.29) is 17.9 Å². The summed E-state index contributed by atoms with van der Waals surface area (Å²) in [6.45, 7) is 10.5. The van der Waals surface area contributed by atoms with Gasteiger partial charge in [-0.15, -0.1) is 0 Å². The standard InChI is InChI=1S/C19H24BrNO2S/c1-13(20)17(16-12-22-19(2,3)23-16)15-9-10-21(18(15)24)11-14-7-5-4-6-8-14/h4-8,15-17H,1,9-12H2,2-3H3/t15-,16+,17+/m0/s1. The van der Waals surface area contributed by atoms with Gasteiger partial charge in [0.15, 0.2) is 5.79 Å². The number of hydrogen-bond acceptors (Lipinski definition) is 3. The van der Waals surface area contributed by atoms with Crippen molar-refractivity contribution in [2.75, 3.05) is 13.2 Å². The summed E-state index contributed by atoms with van der Waals surface area (Å²) in [6, 6.07) is 10.5. The molecule has 24 heavy (non-hydrogen) atoms. The van der Waals surface area contributed by atoms with Crippen LogP contribution in [0.2, 0.25) is 0 Å². The van der Waals surface area contributed by atoms with Gasteiger partial charge >= 0.3 is 0 Å². The quantitative estimate of drug-likeness (QED) is 0.666. The predicted molar refractivity (Wildman–Crippen MR) is 104 cm³/mol. The van der Waals surface area contributed by atoms with Gasteiger partial charge < -0.3 is 14.4 Å². The highest BCUT2D eigenvalue weighted by Crippen LogP contribution is 2.40. The van der Waals surface area contributed by atoms with Crippen molar-refractivity contribution in [3.8, 4) is 0 Å². The minimum absolute atomic E-state index is 0.00787. The number of likely N-dealkylation sites (tertiary alicyclic amines) is 1. The van der Waals surface area contributed by atoms with Crippen LogP contribution in [0.25, 0.3) is 0 Å². The Morgan fingerprint density at radius 1 is 1.42 bits per heavy atom. The number of thiocarbonyl (C=S) groups is 1. The molecule has 0 saturated carbocycles. The number of ether oxygens (including phenoxy) is 2. The number of hydrogen-bond donors (Lipinski definition) is 0. The van der Waals surface area contributed by atoms with Gasteiger partial charge in [-0.2, -0.15) is 0 Å². The molecule has 1 aromatic carbocycles. The fourth-order valence-electron chi connectivity index (χ4n) is 3.63. The normalized spacial score (nSPS) is 27.5. The van der Waals surface area contributed by atoms with Crippen molar-refractivity contribution in [1.29, 1.82) is 0 Å². The molecule has 2 heterocycles. The highest BCUT2D eigenvalue weighted by molar-refractivity contribution is 9.11. The van der Waals surface area contributed by atoms with Crippen LogP contribution in [0, 0.1) is 11.8 Å². The Morgan fingerprint density at radius 3 is 2.71 bits per heavy atom. The van der Waals surface area contributed by atoms with Crippen molar-refractivity contribution in [2.24, 2.45) is 11.8 Å². The average molecular weight is 410 g/mol. The average Bonchev–Trinajstić information content (AvgIpc) is 3.05. The Kier molecular flexibility index (Phi) is 5.45. The molecular formula is C19H24BrNO2S. The summed E-state index contributed by atoms with van der Waals surface area (Å²) in [6.07, 6.45) is 1.02. The molecule has 3 rings (SSSR count). The van der Waals surface area contributed by atoms with Gasteiger partial charge in [0.2, 0.25) is 0 Å². The van der Waals surface area contributed by atoms with Crippen LogP contribution in [0.1, 0.15) is 25.8 Å². The summed E-state index contributed by atoms with van der Waals surface area (Å²) in [7, 11) is 0. The third-order valence-electron chi connectivity index (χ3n) is 4.78. The monoisotopic (exact) mass is 409 g/mol. The van der Waals surface area contributed by atoms with E-state index in [1.807, 2.05) is 19.9 Å². The Hall–Kier alpha value is -0.750. The molecule has 0 aliphatic carbocycles. The van der Waals surface area contributed by atoms with Crippen molar-refractivity contribution in [3.63, 3.8) is 0 Å². The van der Waals surface area contributed by atoms with E-state index in [1.165, 1.54) is 5.56 Å². The second kappa shape index (κ2) is 7.24. The van der Waals surface area contributed by atoms with Crippen LogP contribution in [0.3, 0.4) is 0 Å². The minimum Gasteiger partial charge on any atom is -0.362 e. The molecule has 5 heteroatoms. The lowest BCUT2D eigenvalue weighted by molar-refractivity contribution is -0.143. The highest BCUT2D eigenvalue weighted by atomic mass is 79.9. The zero-order chi connectivity index (χ0) is 17.3. The van der Waals surface area contributed by atoms with E-state index in [4.69, 9.17) is 21.7 Å². The van der Waals surface area contributed by atoms with E-state index >= 15 is 0 Å². The highest BCUT2D eigenvalue weighted by Gasteiger charge is 2.44. The van der Waals surface area contributed by atoms with E-state index in [1.54, 1.807) is 0 Å². The lowest BCUT2D eigenvalue weighted by Crippen LogP contribution is -2.36. The number of benzene rings is 1. The smallest absolute Gasteiger partial charge is 0.163 e. The van der Waals surface area contributed by atoms with E-state index in [9.17, 15) is 0 Å². The first-order valence-electron chi connectivity index (χ1n) is 8.36. The number of nitrogens with zero attached hydrogens (tertiary/aromatic N) is 1. The summed E-state index contributed by atoms with van der Waals surface area (Å²) in [5, 5.41) is 0. The van der Waals surface area contributed by atoms with Crippen molar-refractivity contribution in [1.82, 2.24) is 4.90 Å². The van der Waals surface area contributed by atoms with Gasteiger partial charge in [-0.1, -0.05) is 65.1 Å². The van der Waals surface area contributed by atoms with E-state index in [0.29, 0.717) is 6.61 Å². The summed E-state index contributed by atoms with van der Waals surface area (Å²) in [4.78, 5) is 3.32. The van der Waals surface area contributed by atoms with Crippen molar-refractivity contribution in [3.05, 3.63) is 47.0 Å². The van der Waals surface area contributed by atoms with Gasteiger partial charge in [0.1, 0.15) is 0 Å². The molecule has 2 aliphatic rings. The van der Waals surface area contributed by atoms with Crippen LogP contribution in [0.15, 0.2) is 41.4 Å². The third kappa shape index (κ3) is 3.90. The van der Waals surface area contributed by atoms with Gasteiger partial charge in [0.05, 0.1) is 17.7 Å². The van der Waals surface area contributed by atoms with Crippen LogP contribution in [0.5, 0.6) is 0 Å². The van der Waals surface area contributed by atoms with Crippen LogP contribution < -0.4 is 0 Å². The first-order valence-corrected chi connectivity index (χ1v) is 9.56. The summed E-state index contributed by atoms with van der Waals surface area (Å²) in [5.41, 5.74) is 1.29. The van der Waals surface area contributed by atoms with E-state index in [2.05, 4.69) is 51.7 Å². The Bertz CT molecular complexity index is 619. The largest absolute Gasteiger partial charge is 0.362 e. The topological polar surface area (TPSA) is 21.7 Å². The summed E-state index contributed by atoms with van der Waals surface area (Å²) >= 11 is 9.42. The molecule has 0 N–H and O–H groups in total. The molecule has 0 bridgehead atoms. The van der Waals surface area contributed by atoms with E-state index in [0.717, 1.165) is 29.0 Å². The van der Waals surface area contributed by atoms with E-state index < -0.39 is 5.79 Å². The second-order valence-corrected chi connectivity index (χ2v) is 8.42. The molecule has 3 nitrogen and oxygen atoms in total. The third-order valence-corrected chi connectivity index (χ3v) is 5.87. The zero-order valence-corrected chi connectivity index (χ0v) is 16.6. The molecule has 0 spiro atoms. The lowest BCUT2D eigenvalue weighted by atomic mass is 9.87. The lowest BCUT2D eigenvalue weighted by Gasteiger charge is -2.29. The van der Waals surface area contributed by atoms with Crippen LogP contribution in [0.4, 0.5) is 0 Å². The van der Waals surface area contributed by atoms with Gasteiger partial charge in [-0.3, -0.25) is 0 Å². The zero-order valence-electron chi connectivity index (χ0n) is 14.2. The van der Waals surface area contributed by atoms with Crippen molar-refractivity contribution in [2.45, 2.75) is 38.7 Å². The SMILES string of the molecule is C=C(Br)[C@H]([C@@H]1CCN(Cc2ccccc2)C1=S)[C@H]1COC(C)(C)O1. The number of rotatable bonds is 5. The summed E-state index contributed by atoms with van der Waals surface area (Å²) < 4.78 is 12.8. The Labute approximate surface area is 158 Å². The fourth-order valence-corrected chi connectivity index (χ4v) is 4.66. The molecule has 2 saturated heterocycles. The Morgan fingerprint density at radius 2 is 2.12 bits per heavy atom. The summed E-state index contributed by atoms with van der Waals surface area (Å²) in [5.74, 6) is -0.131. The van der Waals surface area contributed by atoms with Crippen LogP contribution >= 0.6 is 28.1 Å². The molecule has 2 aliphatic heterocycles. The first-order chi connectivity index (χ1) is 11.4. The molecule has 3 atom stereocenters. The predicted octanol–water partition coefficient (Wildman–Crippen LogP) is 4.51. The molecule has 2 fully saturated rings. The van der Waals surface area contributed by atoms with Crippen LogP contribution in [-0.4, -0.2) is 34.9 Å². The van der Waals surface area contributed by atoms with Crippen molar-refractivity contribution < 1.29 is 9.47 Å². The molecule has 130 valence electrons. The van der Waals surface area contributed by atoms with Gasteiger partial charge in [-0.05, 0) is 30.3 Å². The van der Waals surface area contributed by atoms with Crippen LogP contribution in [-0.2, 0) is 16.0 Å². The molecule has 0 unspecified atom stereocenters. The fraction of sp³-hybridized carbons (Fsp3) is 0.526. The van der Waals surface area contributed by atoms with Crippen molar-refractivity contribution >= 4 is 33.1 Å². The first kappa shape index (κ1) is 18.1. The van der Waals surface area contributed by atoms with Gasteiger partial charge in [0, 0.05) is 24.9 Å². The molecule has 0 aromatic heterocycles.